The summed E-state index contributed by atoms with van der Waals surface area (Å²) in [6.45, 7) is 3.89. The molecular weight excluding hydrogens is 218 g/mol. The Bertz CT molecular complexity index is 336. The minimum absolute atomic E-state index is 0.285. The largest absolute Gasteiger partial charge is 0.481 e. The summed E-state index contributed by atoms with van der Waals surface area (Å²) in [6, 6.07) is 0. The van der Waals surface area contributed by atoms with Crippen molar-refractivity contribution in [2.75, 3.05) is 11.9 Å². The molecule has 0 amide bonds. The molecule has 0 aliphatic rings. The Morgan fingerprint density at radius 1 is 1.41 bits per heavy atom. The molecule has 0 radical (unpaired) electrons. The number of nitrogens with one attached hydrogen (secondary N) is 1. The average molecular weight is 239 g/mol. The SMILES string of the molecule is CCn1ccnc1NCCCCCCC(=O)O. The van der Waals surface area contributed by atoms with Gasteiger partial charge >= 0.3 is 5.97 Å². The number of nitrogens with zero attached hydrogens (tertiary/aromatic N) is 2. The van der Waals surface area contributed by atoms with Gasteiger partial charge in [0, 0.05) is 31.9 Å². The molecule has 1 rings (SSSR count). The van der Waals surface area contributed by atoms with Crippen LogP contribution in [0.25, 0.3) is 0 Å². The van der Waals surface area contributed by atoms with Crippen LogP contribution in [0.1, 0.15) is 39.0 Å². The van der Waals surface area contributed by atoms with E-state index in [9.17, 15) is 4.79 Å². The summed E-state index contributed by atoms with van der Waals surface area (Å²) in [6.07, 6.45) is 7.90. The van der Waals surface area contributed by atoms with E-state index in [1.54, 1.807) is 6.20 Å². The van der Waals surface area contributed by atoms with Crippen LogP contribution < -0.4 is 5.32 Å². The van der Waals surface area contributed by atoms with Gasteiger partial charge in [-0.25, -0.2) is 4.98 Å². The number of aliphatic carboxylic acids is 1. The summed E-state index contributed by atoms with van der Waals surface area (Å²) >= 11 is 0. The van der Waals surface area contributed by atoms with Gasteiger partial charge in [0.25, 0.3) is 0 Å². The molecule has 5 nitrogen and oxygen atoms in total. The van der Waals surface area contributed by atoms with Gasteiger partial charge in [-0.05, 0) is 19.8 Å². The van der Waals surface area contributed by atoms with Crippen LogP contribution in [-0.2, 0) is 11.3 Å². The molecule has 0 bridgehead atoms. The zero-order chi connectivity index (χ0) is 12.5. The molecular formula is C12H21N3O2. The highest BCUT2D eigenvalue weighted by Gasteiger charge is 1.99. The monoisotopic (exact) mass is 239 g/mol. The van der Waals surface area contributed by atoms with Crippen molar-refractivity contribution >= 4 is 11.9 Å². The number of carboxylic acid groups (broad SMARTS) is 1. The van der Waals surface area contributed by atoms with E-state index in [1.165, 1.54) is 0 Å². The molecule has 1 aromatic heterocycles. The van der Waals surface area contributed by atoms with Gasteiger partial charge in [-0.15, -0.1) is 0 Å². The fraction of sp³-hybridized carbons (Fsp3) is 0.667. The fourth-order valence-corrected chi connectivity index (χ4v) is 1.69. The molecule has 1 heterocycles. The molecule has 0 saturated heterocycles. The molecule has 5 heteroatoms. The summed E-state index contributed by atoms with van der Waals surface area (Å²) in [5.41, 5.74) is 0. The number of aryl methyl sites for hydroxylation is 1. The highest BCUT2D eigenvalue weighted by Crippen LogP contribution is 2.06. The number of carbonyl (C=O) groups is 1. The molecule has 0 unspecified atom stereocenters. The molecule has 0 aromatic carbocycles. The van der Waals surface area contributed by atoms with Crippen molar-refractivity contribution in [3.8, 4) is 0 Å². The van der Waals surface area contributed by atoms with Crippen LogP contribution in [0.4, 0.5) is 5.95 Å². The van der Waals surface area contributed by atoms with E-state index >= 15 is 0 Å². The zero-order valence-corrected chi connectivity index (χ0v) is 10.4. The third kappa shape index (κ3) is 5.38. The van der Waals surface area contributed by atoms with Crippen LogP contribution in [0.15, 0.2) is 12.4 Å². The number of carboxylic acids is 1. The van der Waals surface area contributed by atoms with Gasteiger partial charge in [0.15, 0.2) is 0 Å². The van der Waals surface area contributed by atoms with Crippen LogP contribution in [-0.4, -0.2) is 27.2 Å². The van der Waals surface area contributed by atoms with Crippen molar-refractivity contribution < 1.29 is 9.90 Å². The van der Waals surface area contributed by atoms with Crippen molar-refractivity contribution in [1.82, 2.24) is 9.55 Å². The third-order valence-electron chi connectivity index (χ3n) is 2.66. The van der Waals surface area contributed by atoms with Crippen molar-refractivity contribution in [1.29, 1.82) is 0 Å². The van der Waals surface area contributed by atoms with Gasteiger partial charge in [-0.3, -0.25) is 4.79 Å². The zero-order valence-electron chi connectivity index (χ0n) is 10.4. The molecule has 0 aliphatic carbocycles. The molecule has 0 fully saturated rings. The van der Waals surface area contributed by atoms with Gasteiger partial charge in [0.1, 0.15) is 0 Å². The van der Waals surface area contributed by atoms with Crippen molar-refractivity contribution in [3.05, 3.63) is 12.4 Å². The normalized spacial score (nSPS) is 10.4. The quantitative estimate of drug-likeness (QED) is 0.649. The summed E-state index contributed by atoms with van der Waals surface area (Å²) in [4.78, 5) is 14.5. The first-order valence-corrected chi connectivity index (χ1v) is 6.21. The Balaban J connectivity index is 2.03. The Kier molecular flexibility index (Phi) is 6.14. The highest BCUT2D eigenvalue weighted by molar-refractivity contribution is 5.66. The summed E-state index contributed by atoms with van der Waals surface area (Å²) in [5, 5.41) is 11.8. The van der Waals surface area contributed by atoms with Crippen LogP contribution in [0, 0.1) is 0 Å². The van der Waals surface area contributed by atoms with Crippen LogP contribution in [0.5, 0.6) is 0 Å². The summed E-state index contributed by atoms with van der Waals surface area (Å²) in [5.74, 6) is 0.214. The number of unbranched alkanes of at least 4 members (excludes halogenated alkanes) is 3. The molecule has 0 saturated carbocycles. The lowest BCUT2D eigenvalue weighted by molar-refractivity contribution is -0.137. The molecule has 96 valence electrons. The minimum Gasteiger partial charge on any atom is -0.481 e. The number of hydrogen-bond acceptors (Lipinski definition) is 3. The lowest BCUT2D eigenvalue weighted by Crippen LogP contribution is -2.07. The first-order valence-electron chi connectivity index (χ1n) is 6.21. The van der Waals surface area contributed by atoms with E-state index in [-0.39, 0.29) is 6.42 Å². The Hall–Kier alpha value is -1.52. The summed E-state index contributed by atoms with van der Waals surface area (Å²) < 4.78 is 2.06. The van der Waals surface area contributed by atoms with Crippen molar-refractivity contribution in [2.24, 2.45) is 0 Å². The topological polar surface area (TPSA) is 67.2 Å². The molecule has 2 N–H and O–H groups in total. The van der Waals surface area contributed by atoms with E-state index in [4.69, 9.17) is 5.11 Å². The van der Waals surface area contributed by atoms with E-state index in [0.717, 1.165) is 44.7 Å². The van der Waals surface area contributed by atoms with Gasteiger partial charge in [-0.1, -0.05) is 12.8 Å². The van der Waals surface area contributed by atoms with Gasteiger partial charge in [0.2, 0.25) is 5.95 Å². The second kappa shape index (κ2) is 7.70. The predicted octanol–water partition coefficient (Wildman–Crippen LogP) is 2.35. The summed E-state index contributed by atoms with van der Waals surface area (Å²) in [7, 11) is 0. The Labute approximate surface area is 102 Å². The second-order valence-electron chi connectivity index (χ2n) is 4.02. The van der Waals surface area contributed by atoms with Gasteiger partial charge in [0.05, 0.1) is 0 Å². The molecule has 0 atom stereocenters. The Morgan fingerprint density at radius 3 is 2.88 bits per heavy atom. The predicted molar refractivity (Wildman–Crippen MR) is 67.1 cm³/mol. The number of rotatable bonds is 9. The first-order chi connectivity index (χ1) is 8.24. The maximum absolute atomic E-state index is 10.3. The number of imidazole rings is 1. The number of hydrogen-bond donors (Lipinski definition) is 2. The number of aromatic nitrogens is 2. The second-order valence-corrected chi connectivity index (χ2v) is 4.02. The lowest BCUT2D eigenvalue weighted by Gasteiger charge is -2.07. The van der Waals surface area contributed by atoms with E-state index in [2.05, 4.69) is 21.8 Å². The van der Waals surface area contributed by atoms with Crippen molar-refractivity contribution in [3.63, 3.8) is 0 Å². The highest BCUT2D eigenvalue weighted by atomic mass is 16.4. The van der Waals surface area contributed by atoms with Gasteiger partial charge in [-0.2, -0.15) is 0 Å². The molecule has 0 spiro atoms. The van der Waals surface area contributed by atoms with Crippen LogP contribution in [0.3, 0.4) is 0 Å². The minimum atomic E-state index is -0.701. The molecule has 0 aliphatic heterocycles. The third-order valence-corrected chi connectivity index (χ3v) is 2.66. The van der Waals surface area contributed by atoms with Crippen LogP contribution in [0.2, 0.25) is 0 Å². The van der Waals surface area contributed by atoms with E-state index in [1.807, 2.05) is 6.20 Å². The average Bonchev–Trinajstić information content (AvgIpc) is 2.74. The molecule has 17 heavy (non-hydrogen) atoms. The van der Waals surface area contributed by atoms with E-state index in [0.29, 0.717) is 0 Å². The maximum atomic E-state index is 10.3. The smallest absolute Gasteiger partial charge is 0.303 e. The fourth-order valence-electron chi connectivity index (χ4n) is 1.69. The Morgan fingerprint density at radius 2 is 2.18 bits per heavy atom. The lowest BCUT2D eigenvalue weighted by atomic mass is 10.1. The first kappa shape index (κ1) is 13.5. The van der Waals surface area contributed by atoms with E-state index < -0.39 is 5.97 Å². The maximum Gasteiger partial charge on any atom is 0.303 e. The van der Waals surface area contributed by atoms with Crippen LogP contribution >= 0.6 is 0 Å². The van der Waals surface area contributed by atoms with Crippen molar-refractivity contribution in [2.45, 2.75) is 45.6 Å². The van der Waals surface area contributed by atoms with Gasteiger partial charge < -0.3 is 15.0 Å². The molecule has 1 aromatic rings. The standard InChI is InChI=1S/C12H21N3O2/c1-2-15-10-9-14-12(15)13-8-6-4-3-5-7-11(16)17/h9-10H,2-8H2,1H3,(H,13,14)(H,16,17). The number of anilines is 1.